The average molecular weight is 449 g/mol. The molecule has 0 amide bonds. The van der Waals surface area contributed by atoms with Gasteiger partial charge in [-0.05, 0) is 28.4 Å². The number of hydrogen-bond donors (Lipinski definition) is 0. The molecule has 2 unspecified atom stereocenters. The van der Waals surface area contributed by atoms with Crippen LogP contribution in [0.3, 0.4) is 0 Å². The highest BCUT2D eigenvalue weighted by Crippen LogP contribution is 2.47. The third-order valence-electron chi connectivity index (χ3n) is 6.25. The molecule has 0 saturated carbocycles. The Morgan fingerprint density at radius 3 is 1.96 bits per heavy atom. The molecule has 2 rings (SSSR count). The van der Waals surface area contributed by atoms with Crippen LogP contribution in [0.4, 0.5) is 0 Å². The second-order valence-corrected chi connectivity index (χ2v) is 19.1. The molecule has 0 aromatic carbocycles. The monoisotopic (exact) mass is 448 g/mol. The van der Waals surface area contributed by atoms with E-state index in [9.17, 15) is 0 Å². The van der Waals surface area contributed by atoms with E-state index in [0.717, 1.165) is 0 Å². The molecule has 0 aromatic rings. The standard InChI is InChI=1S/C19H41BO5SSi2/c1-12(2)27(13(3)4)22-10-16-17(18(19(20)23-16)21-11-26-9)24-28(25-27,14(5)6)15(7)8/h12-19H,10-11,20H2,1-9H3/t16-,17?,18?,19-/m1/s1. The van der Waals surface area contributed by atoms with Crippen LogP contribution in [-0.4, -0.2) is 68.1 Å². The SMILES string of the molecule is B[C@@H]1O[C@@H]2CO[Si](C(C)C)(C(C)C)O[Si](C(C)C)(C(C)C)OC2C1OCSC. The fourth-order valence-corrected chi connectivity index (χ4v) is 16.2. The first kappa shape index (κ1) is 24.9. The first-order valence-corrected chi connectivity index (χ1v) is 16.1. The third-order valence-corrected chi connectivity index (χ3v) is 16.9. The molecule has 2 aliphatic heterocycles. The van der Waals surface area contributed by atoms with Crippen LogP contribution < -0.4 is 0 Å². The van der Waals surface area contributed by atoms with E-state index in [1.807, 2.05) is 0 Å². The minimum atomic E-state index is -2.61. The fourth-order valence-electron chi connectivity index (χ4n) is 4.70. The third kappa shape index (κ3) is 4.61. The topological polar surface area (TPSA) is 46.2 Å². The zero-order valence-corrected chi connectivity index (χ0v) is 22.3. The molecule has 0 spiro atoms. The summed E-state index contributed by atoms with van der Waals surface area (Å²) in [6.07, 6.45) is 1.74. The highest BCUT2D eigenvalue weighted by molar-refractivity contribution is 7.98. The van der Waals surface area contributed by atoms with Crippen molar-refractivity contribution in [1.29, 1.82) is 0 Å². The van der Waals surface area contributed by atoms with Gasteiger partial charge in [0.25, 0.3) is 0 Å². The largest absolute Gasteiger partial charge is 0.414 e. The minimum Gasteiger partial charge on any atom is -0.414 e. The smallest absolute Gasteiger partial charge is 0.335 e. The summed E-state index contributed by atoms with van der Waals surface area (Å²) in [6, 6.07) is -0.0101. The maximum Gasteiger partial charge on any atom is 0.335 e. The van der Waals surface area contributed by atoms with Crippen LogP contribution in [0.2, 0.25) is 22.2 Å². The van der Waals surface area contributed by atoms with Crippen LogP contribution in [0.1, 0.15) is 55.4 Å². The molecular weight excluding hydrogens is 407 g/mol. The van der Waals surface area contributed by atoms with Crippen LogP contribution in [-0.2, 0) is 22.4 Å². The van der Waals surface area contributed by atoms with Crippen molar-refractivity contribution in [3.05, 3.63) is 0 Å². The minimum absolute atomic E-state index is 0.0101. The molecule has 2 saturated heterocycles. The van der Waals surface area contributed by atoms with E-state index in [0.29, 0.717) is 34.7 Å². The van der Waals surface area contributed by atoms with E-state index in [1.165, 1.54) is 0 Å². The van der Waals surface area contributed by atoms with Crippen molar-refractivity contribution < 1.29 is 22.4 Å². The molecule has 2 heterocycles. The molecule has 0 aromatic heterocycles. The summed E-state index contributed by atoms with van der Waals surface area (Å²) in [7, 11) is -3.02. The van der Waals surface area contributed by atoms with Gasteiger partial charge in [0.15, 0.2) is 0 Å². The zero-order chi connectivity index (χ0) is 21.3. The van der Waals surface area contributed by atoms with Gasteiger partial charge in [-0.15, -0.1) is 11.8 Å². The Kier molecular flexibility index (Phi) is 8.76. The molecule has 164 valence electrons. The highest BCUT2D eigenvalue weighted by atomic mass is 32.2. The van der Waals surface area contributed by atoms with Crippen LogP contribution in [0, 0.1) is 0 Å². The Bertz CT molecular complexity index is 493. The van der Waals surface area contributed by atoms with Gasteiger partial charge < -0.3 is 22.4 Å². The average Bonchev–Trinajstić information content (AvgIpc) is 2.86. The fraction of sp³-hybridized carbons (Fsp3) is 1.00. The Balaban J connectivity index is 2.50. The summed E-state index contributed by atoms with van der Waals surface area (Å²) in [5.74, 6) is 0.640. The van der Waals surface area contributed by atoms with Crippen LogP contribution >= 0.6 is 11.8 Å². The van der Waals surface area contributed by atoms with E-state index in [-0.39, 0.29) is 24.3 Å². The Labute approximate surface area is 179 Å². The van der Waals surface area contributed by atoms with E-state index < -0.39 is 17.1 Å². The Hall–Kier alpha value is 0.649. The van der Waals surface area contributed by atoms with Gasteiger partial charge in [0.1, 0.15) is 26.2 Å². The molecule has 2 aliphatic rings. The van der Waals surface area contributed by atoms with Gasteiger partial charge in [-0.2, -0.15) is 0 Å². The summed E-state index contributed by atoms with van der Waals surface area (Å²) < 4.78 is 33.5. The van der Waals surface area contributed by atoms with Crippen molar-refractivity contribution in [3.8, 4) is 0 Å². The van der Waals surface area contributed by atoms with Gasteiger partial charge in [0.05, 0.1) is 18.5 Å². The Morgan fingerprint density at radius 2 is 1.50 bits per heavy atom. The number of thioether (sulfide) groups is 1. The normalized spacial score (nSPS) is 32.8. The molecule has 0 bridgehead atoms. The van der Waals surface area contributed by atoms with Crippen molar-refractivity contribution in [3.63, 3.8) is 0 Å². The first-order chi connectivity index (χ1) is 13.0. The molecular formula is C19H41BO5SSi2. The van der Waals surface area contributed by atoms with E-state index in [1.54, 1.807) is 11.8 Å². The van der Waals surface area contributed by atoms with E-state index >= 15 is 0 Å². The van der Waals surface area contributed by atoms with Crippen LogP contribution in [0.15, 0.2) is 0 Å². The summed E-state index contributed by atoms with van der Waals surface area (Å²) in [5.41, 5.74) is 1.33. The second kappa shape index (κ2) is 9.85. The molecule has 9 heteroatoms. The lowest BCUT2D eigenvalue weighted by Crippen LogP contribution is -2.66. The quantitative estimate of drug-likeness (QED) is 0.433. The molecule has 0 radical (unpaired) electrons. The second-order valence-electron chi connectivity index (χ2n) is 9.47. The van der Waals surface area contributed by atoms with E-state index in [2.05, 4.69) is 69.5 Å². The predicted molar refractivity (Wildman–Crippen MR) is 124 cm³/mol. The van der Waals surface area contributed by atoms with Gasteiger partial charge in [0.2, 0.25) is 0 Å². The summed E-state index contributed by atoms with van der Waals surface area (Å²) >= 11 is 1.68. The number of fused-ring (bicyclic) bond motifs is 1. The zero-order valence-electron chi connectivity index (χ0n) is 19.5. The van der Waals surface area contributed by atoms with Gasteiger partial charge in [-0.1, -0.05) is 55.4 Å². The van der Waals surface area contributed by atoms with Crippen LogP contribution in [0.25, 0.3) is 0 Å². The van der Waals surface area contributed by atoms with E-state index in [4.69, 9.17) is 22.4 Å². The lowest BCUT2D eigenvalue weighted by molar-refractivity contribution is -0.0381. The van der Waals surface area contributed by atoms with Crippen molar-refractivity contribution in [2.45, 2.75) is 102 Å². The highest BCUT2D eigenvalue weighted by Gasteiger charge is 2.61. The molecule has 2 fully saturated rings. The maximum absolute atomic E-state index is 7.23. The molecule has 0 aliphatic carbocycles. The Morgan fingerprint density at radius 1 is 0.964 bits per heavy atom. The molecule has 4 atom stereocenters. The number of rotatable bonds is 7. The van der Waals surface area contributed by atoms with Crippen molar-refractivity contribution in [2.24, 2.45) is 0 Å². The lowest BCUT2D eigenvalue weighted by Gasteiger charge is -2.51. The molecule has 5 nitrogen and oxygen atoms in total. The van der Waals surface area contributed by atoms with Crippen molar-refractivity contribution >= 4 is 36.7 Å². The summed E-state index contributed by atoms with van der Waals surface area (Å²) in [6.45, 7) is 18.5. The van der Waals surface area contributed by atoms with Gasteiger partial charge in [0, 0.05) is 0 Å². The summed E-state index contributed by atoms with van der Waals surface area (Å²) in [5, 5.41) is 0. The maximum atomic E-state index is 7.23. The number of ether oxygens (including phenoxy) is 2. The molecule has 28 heavy (non-hydrogen) atoms. The lowest BCUT2D eigenvalue weighted by atomic mass is 9.93. The van der Waals surface area contributed by atoms with Gasteiger partial charge in [-0.3, -0.25) is 0 Å². The van der Waals surface area contributed by atoms with Gasteiger partial charge >= 0.3 is 17.1 Å². The van der Waals surface area contributed by atoms with Crippen molar-refractivity contribution in [2.75, 3.05) is 18.8 Å². The van der Waals surface area contributed by atoms with Crippen LogP contribution in [0.5, 0.6) is 0 Å². The predicted octanol–water partition coefficient (Wildman–Crippen LogP) is 4.01. The summed E-state index contributed by atoms with van der Waals surface area (Å²) in [4.78, 5) is 0. The van der Waals surface area contributed by atoms with Gasteiger partial charge in [-0.25, -0.2) is 0 Å². The molecule has 0 N–H and O–H groups in total. The van der Waals surface area contributed by atoms with Crippen molar-refractivity contribution in [1.82, 2.24) is 0 Å². The number of hydrogen-bond acceptors (Lipinski definition) is 6. The first-order valence-electron chi connectivity index (χ1n) is 10.8.